The fourth-order valence-corrected chi connectivity index (χ4v) is 3.82. The Morgan fingerprint density at radius 3 is 2.24 bits per heavy atom. The molecule has 1 unspecified atom stereocenters. The van der Waals surface area contributed by atoms with Crippen molar-refractivity contribution in [1.82, 2.24) is 5.32 Å². The highest BCUT2D eigenvalue weighted by Gasteiger charge is 2.21. The van der Waals surface area contributed by atoms with Crippen LogP contribution in [-0.2, 0) is 9.59 Å². The molecule has 2 amide bonds. The van der Waals surface area contributed by atoms with E-state index in [0.29, 0.717) is 12.3 Å². The summed E-state index contributed by atoms with van der Waals surface area (Å²) < 4.78 is 0. The highest BCUT2D eigenvalue weighted by atomic mass is 16.2. The minimum Gasteiger partial charge on any atom is -0.326 e. The van der Waals surface area contributed by atoms with Crippen molar-refractivity contribution < 1.29 is 9.59 Å². The average molecular weight is 343 g/mol. The smallest absolute Gasteiger partial charge is 0.228 e. The van der Waals surface area contributed by atoms with E-state index < -0.39 is 0 Å². The minimum absolute atomic E-state index is 0.0450. The molecule has 2 fully saturated rings. The number of nitrogens with one attached hydrogen (secondary N) is 3. The molecule has 1 aromatic rings. The third-order valence-corrected chi connectivity index (χ3v) is 5.30. The number of piperidine rings is 1. The van der Waals surface area contributed by atoms with E-state index >= 15 is 0 Å². The largest absolute Gasteiger partial charge is 0.326 e. The summed E-state index contributed by atoms with van der Waals surface area (Å²) in [6.07, 6.45) is 8.77. The van der Waals surface area contributed by atoms with Crippen molar-refractivity contribution in [3.8, 4) is 0 Å². The number of hydrogen-bond donors (Lipinski definition) is 3. The van der Waals surface area contributed by atoms with E-state index in [1.165, 1.54) is 32.1 Å². The van der Waals surface area contributed by atoms with Crippen molar-refractivity contribution in [2.45, 2.75) is 51.4 Å². The summed E-state index contributed by atoms with van der Waals surface area (Å²) in [6.45, 7) is 1.75. The van der Waals surface area contributed by atoms with Crippen molar-refractivity contribution in [3.05, 3.63) is 24.3 Å². The Labute approximate surface area is 150 Å². The second kappa shape index (κ2) is 8.99. The molecule has 25 heavy (non-hydrogen) atoms. The summed E-state index contributed by atoms with van der Waals surface area (Å²) in [7, 11) is 0. The zero-order valence-electron chi connectivity index (χ0n) is 14.9. The summed E-state index contributed by atoms with van der Waals surface area (Å²) in [6, 6.07) is 7.41. The molecule has 0 radical (unpaired) electrons. The first-order valence-corrected chi connectivity index (χ1v) is 9.62. The number of benzene rings is 1. The van der Waals surface area contributed by atoms with Gasteiger partial charge >= 0.3 is 0 Å². The quantitative estimate of drug-likeness (QED) is 0.766. The summed E-state index contributed by atoms with van der Waals surface area (Å²) in [5.41, 5.74) is 1.57. The highest BCUT2D eigenvalue weighted by Crippen LogP contribution is 2.26. The Hall–Kier alpha value is -1.88. The van der Waals surface area contributed by atoms with Crippen LogP contribution in [0.2, 0.25) is 0 Å². The second-order valence-electron chi connectivity index (χ2n) is 7.37. The van der Waals surface area contributed by atoms with Gasteiger partial charge in [0.25, 0.3) is 0 Å². The average Bonchev–Trinajstić information content (AvgIpc) is 2.65. The Balaban J connectivity index is 1.46. The van der Waals surface area contributed by atoms with Crippen molar-refractivity contribution in [3.63, 3.8) is 0 Å². The van der Waals surface area contributed by atoms with Gasteiger partial charge in [-0.1, -0.05) is 19.3 Å². The molecule has 0 bridgehead atoms. The molecule has 1 atom stereocenters. The van der Waals surface area contributed by atoms with Gasteiger partial charge in [-0.15, -0.1) is 0 Å². The molecule has 136 valence electrons. The minimum atomic E-state index is 0.0450. The van der Waals surface area contributed by atoms with E-state index in [4.69, 9.17) is 0 Å². The first-order valence-electron chi connectivity index (χ1n) is 9.62. The zero-order chi connectivity index (χ0) is 17.5. The first-order chi connectivity index (χ1) is 12.2. The second-order valence-corrected chi connectivity index (χ2v) is 7.37. The van der Waals surface area contributed by atoms with Crippen molar-refractivity contribution in [1.29, 1.82) is 0 Å². The van der Waals surface area contributed by atoms with Gasteiger partial charge < -0.3 is 16.0 Å². The normalized spacial score (nSPS) is 21.5. The van der Waals surface area contributed by atoms with E-state index in [1.807, 2.05) is 24.3 Å². The maximum absolute atomic E-state index is 12.2. The summed E-state index contributed by atoms with van der Waals surface area (Å²) >= 11 is 0. The number of amides is 2. The molecular formula is C20H29N3O2. The molecule has 1 saturated heterocycles. The number of anilines is 2. The molecule has 1 heterocycles. The van der Waals surface area contributed by atoms with Gasteiger partial charge in [-0.05, 0) is 62.4 Å². The third kappa shape index (κ3) is 5.56. The number of carbonyl (C=O) groups is 2. The molecule has 0 spiro atoms. The summed E-state index contributed by atoms with van der Waals surface area (Å²) in [5, 5.41) is 9.19. The van der Waals surface area contributed by atoms with E-state index in [-0.39, 0.29) is 17.7 Å². The zero-order valence-corrected chi connectivity index (χ0v) is 14.9. The van der Waals surface area contributed by atoms with Crippen molar-refractivity contribution in [2.24, 2.45) is 11.8 Å². The van der Waals surface area contributed by atoms with Crippen LogP contribution in [0, 0.1) is 11.8 Å². The van der Waals surface area contributed by atoms with E-state index in [2.05, 4.69) is 16.0 Å². The van der Waals surface area contributed by atoms with E-state index in [9.17, 15) is 9.59 Å². The lowest BCUT2D eigenvalue weighted by atomic mass is 9.87. The highest BCUT2D eigenvalue weighted by molar-refractivity contribution is 5.94. The Morgan fingerprint density at radius 1 is 0.920 bits per heavy atom. The van der Waals surface area contributed by atoms with Crippen LogP contribution in [0.1, 0.15) is 51.4 Å². The van der Waals surface area contributed by atoms with E-state index in [0.717, 1.165) is 37.3 Å². The lowest BCUT2D eigenvalue weighted by Crippen LogP contribution is -2.37. The maximum Gasteiger partial charge on any atom is 0.228 e. The van der Waals surface area contributed by atoms with Crippen molar-refractivity contribution in [2.75, 3.05) is 23.7 Å². The Morgan fingerprint density at radius 2 is 1.60 bits per heavy atom. The van der Waals surface area contributed by atoms with Crippen molar-refractivity contribution >= 4 is 23.2 Å². The van der Waals surface area contributed by atoms with Crippen LogP contribution in [-0.4, -0.2) is 24.9 Å². The Kier molecular flexibility index (Phi) is 6.45. The van der Waals surface area contributed by atoms with Crippen LogP contribution >= 0.6 is 0 Å². The maximum atomic E-state index is 12.2. The molecule has 3 N–H and O–H groups in total. The molecule has 0 aromatic heterocycles. The first kappa shape index (κ1) is 17.9. The summed E-state index contributed by atoms with van der Waals surface area (Å²) in [4.78, 5) is 24.4. The number of rotatable bonds is 5. The molecule has 1 aliphatic carbocycles. The monoisotopic (exact) mass is 343 g/mol. The van der Waals surface area contributed by atoms with Crippen LogP contribution in [0.25, 0.3) is 0 Å². The molecule has 1 aromatic carbocycles. The number of hydrogen-bond acceptors (Lipinski definition) is 3. The Bertz CT molecular complexity index is 573. The fraction of sp³-hybridized carbons (Fsp3) is 0.600. The molecule has 5 heteroatoms. The molecule has 2 aliphatic rings. The predicted octanol–water partition coefficient (Wildman–Crippen LogP) is 3.53. The third-order valence-electron chi connectivity index (χ3n) is 5.30. The molecule has 1 saturated carbocycles. The molecule has 3 rings (SSSR count). The van der Waals surface area contributed by atoms with Crippen LogP contribution in [0.3, 0.4) is 0 Å². The lowest BCUT2D eigenvalue weighted by Gasteiger charge is -2.22. The van der Waals surface area contributed by atoms with Gasteiger partial charge in [-0.2, -0.15) is 0 Å². The molecule has 1 aliphatic heterocycles. The van der Waals surface area contributed by atoms with Crippen LogP contribution in [0.15, 0.2) is 24.3 Å². The van der Waals surface area contributed by atoms with Gasteiger partial charge in [0.2, 0.25) is 11.8 Å². The topological polar surface area (TPSA) is 70.2 Å². The number of carbonyl (C=O) groups excluding carboxylic acids is 2. The van der Waals surface area contributed by atoms with Gasteiger partial charge in [0.05, 0.1) is 5.92 Å². The fourth-order valence-electron chi connectivity index (χ4n) is 3.82. The van der Waals surface area contributed by atoms with Crippen LogP contribution < -0.4 is 16.0 Å². The summed E-state index contributed by atoms with van der Waals surface area (Å²) in [5.74, 6) is 0.748. The van der Waals surface area contributed by atoms with Crippen LogP contribution in [0.4, 0.5) is 11.4 Å². The predicted molar refractivity (Wildman–Crippen MR) is 100 cm³/mol. The van der Waals surface area contributed by atoms with Gasteiger partial charge in [0, 0.05) is 24.3 Å². The molecule has 5 nitrogen and oxygen atoms in total. The van der Waals surface area contributed by atoms with Gasteiger partial charge in [-0.3, -0.25) is 9.59 Å². The van der Waals surface area contributed by atoms with E-state index in [1.54, 1.807) is 0 Å². The van der Waals surface area contributed by atoms with Gasteiger partial charge in [-0.25, -0.2) is 0 Å². The lowest BCUT2D eigenvalue weighted by molar-refractivity contribution is -0.120. The SMILES string of the molecule is O=C(CC1CCCCC1)Nc1ccc(NC(=O)C2CCCNC2)cc1. The molecular weight excluding hydrogens is 314 g/mol. The standard InChI is InChI=1S/C20H29N3O2/c24-19(13-15-5-2-1-3-6-15)22-17-8-10-18(11-9-17)23-20(25)16-7-4-12-21-14-16/h8-11,15-16,21H,1-7,12-14H2,(H,22,24)(H,23,25). The van der Waals surface area contributed by atoms with Gasteiger partial charge in [0.15, 0.2) is 0 Å². The van der Waals surface area contributed by atoms with Gasteiger partial charge in [0.1, 0.15) is 0 Å². The van der Waals surface area contributed by atoms with Crippen LogP contribution in [0.5, 0.6) is 0 Å².